The van der Waals surface area contributed by atoms with Gasteiger partial charge in [-0.25, -0.2) is 4.79 Å². The van der Waals surface area contributed by atoms with Gasteiger partial charge in [0.1, 0.15) is 11.8 Å². The molecule has 2 amide bonds. The number of carboxylic acids is 1. The molecule has 114 valence electrons. The van der Waals surface area contributed by atoms with E-state index in [1.54, 1.807) is 18.2 Å². The molecular weight excluding hydrogens is 276 g/mol. The smallest absolute Gasteiger partial charge is 0.326 e. The van der Waals surface area contributed by atoms with Gasteiger partial charge in [-0.05, 0) is 31.5 Å². The Bertz CT molecular complexity index is 544. The minimum Gasteiger partial charge on any atom is -0.481 e. The summed E-state index contributed by atoms with van der Waals surface area (Å²) in [7, 11) is 0. The molecular formula is C14H18N2O5. The first kappa shape index (κ1) is 16.5. The Kier molecular flexibility index (Phi) is 5.71. The van der Waals surface area contributed by atoms with Crippen molar-refractivity contribution in [3.63, 3.8) is 0 Å². The molecule has 1 aromatic rings. The van der Waals surface area contributed by atoms with Gasteiger partial charge in [0, 0.05) is 0 Å². The van der Waals surface area contributed by atoms with Crippen LogP contribution in [-0.2, 0) is 14.4 Å². The van der Waals surface area contributed by atoms with Gasteiger partial charge in [-0.15, -0.1) is 0 Å². The van der Waals surface area contributed by atoms with E-state index in [0.29, 0.717) is 5.75 Å². The van der Waals surface area contributed by atoms with Crippen molar-refractivity contribution < 1.29 is 24.2 Å². The van der Waals surface area contributed by atoms with Crippen LogP contribution in [-0.4, -0.2) is 35.0 Å². The summed E-state index contributed by atoms with van der Waals surface area (Å²) < 4.78 is 5.42. The Morgan fingerprint density at radius 1 is 1.38 bits per heavy atom. The van der Waals surface area contributed by atoms with Gasteiger partial charge in [0.25, 0.3) is 5.91 Å². The van der Waals surface area contributed by atoms with Gasteiger partial charge in [0.2, 0.25) is 5.91 Å². The average molecular weight is 294 g/mol. The minimum absolute atomic E-state index is 0.474. The molecule has 0 saturated carbocycles. The second kappa shape index (κ2) is 7.28. The monoisotopic (exact) mass is 294 g/mol. The fourth-order valence-corrected chi connectivity index (χ4v) is 1.64. The van der Waals surface area contributed by atoms with Crippen molar-refractivity contribution in [3.8, 4) is 5.75 Å². The third-order valence-corrected chi connectivity index (χ3v) is 2.69. The van der Waals surface area contributed by atoms with Crippen LogP contribution in [0.3, 0.4) is 0 Å². The highest BCUT2D eigenvalue weighted by Gasteiger charge is 2.25. The van der Waals surface area contributed by atoms with Gasteiger partial charge >= 0.3 is 5.97 Å². The number of amides is 2. The summed E-state index contributed by atoms with van der Waals surface area (Å²) in [4.78, 5) is 33.6. The molecule has 4 N–H and O–H groups in total. The lowest BCUT2D eigenvalue weighted by Gasteiger charge is -2.18. The predicted molar refractivity (Wildman–Crippen MR) is 74.6 cm³/mol. The summed E-state index contributed by atoms with van der Waals surface area (Å²) in [6.45, 7) is 3.37. The Balaban J connectivity index is 2.64. The third kappa shape index (κ3) is 5.52. The molecule has 1 rings (SSSR count). The maximum atomic E-state index is 11.9. The van der Waals surface area contributed by atoms with E-state index in [4.69, 9.17) is 15.6 Å². The number of primary amides is 1. The number of rotatable bonds is 7. The fourth-order valence-electron chi connectivity index (χ4n) is 1.64. The van der Waals surface area contributed by atoms with Crippen molar-refractivity contribution in [2.24, 2.45) is 5.73 Å². The Morgan fingerprint density at radius 2 is 2.05 bits per heavy atom. The second-order valence-electron chi connectivity index (χ2n) is 4.65. The van der Waals surface area contributed by atoms with Crippen molar-refractivity contribution in [2.75, 3.05) is 0 Å². The molecule has 7 nitrogen and oxygen atoms in total. The molecule has 1 aromatic carbocycles. The molecule has 21 heavy (non-hydrogen) atoms. The Labute approximate surface area is 122 Å². The van der Waals surface area contributed by atoms with Gasteiger partial charge in [0.05, 0.1) is 6.42 Å². The van der Waals surface area contributed by atoms with Gasteiger partial charge in [-0.3, -0.25) is 9.59 Å². The zero-order valence-electron chi connectivity index (χ0n) is 11.8. The first-order valence-corrected chi connectivity index (χ1v) is 6.34. The number of hydrogen-bond donors (Lipinski definition) is 3. The van der Waals surface area contributed by atoms with Gasteiger partial charge < -0.3 is 20.9 Å². The van der Waals surface area contributed by atoms with Gasteiger partial charge in [-0.1, -0.05) is 12.1 Å². The second-order valence-corrected chi connectivity index (χ2v) is 4.65. The van der Waals surface area contributed by atoms with Crippen LogP contribution >= 0.6 is 0 Å². The van der Waals surface area contributed by atoms with Crippen LogP contribution in [0.25, 0.3) is 0 Å². The van der Waals surface area contributed by atoms with Crippen LogP contribution in [0.4, 0.5) is 0 Å². The third-order valence-electron chi connectivity index (χ3n) is 2.69. The van der Waals surface area contributed by atoms with E-state index in [1.165, 1.54) is 6.92 Å². The number of aryl methyl sites for hydroxylation is 1. The number of nitrogens with one attached hydrogen (secondary N) is 1. The molecule has 0 spiro atoms. The lowest BCUT2D eigenvalue weighted by molar-refractivity contribution is -0.144. The Hall–Kier alpha value is -2.57. The van der Waals surface area contributed by atoms with E-state index in [9.17, 15) is 14.4 Å². The van der Waals surface area contributed by atoms with Crippen molar-refractivity contribution >= 4 is 17.8 Å². The maximum Gasteiger partial charge on any atom is 0.326 e. The van der Waals surface area contributed by atoms with Crippen LogP contribution in [0.5, 0.6) is 5.75 Å². The maximum absolute atomic E-state index is 11.9. The van der Waals surface area contributed by atoms with Crippen molar-refractivity contribution in [1.29, 1.82) is 0 Å². The van der Waals surface area contributed by atoms with E-state index < -0.39 is 36.4 Å². The molecule has 0 radical (unpaired) electrons. The Morgan fingerprint density at radius 3 is 2.57 bits per heavy atom. The van der Waals surface area contributed by atoms with Crippen LogP contribution in [0.1, 0.15) is 18.9 Å². The molecule has 1 unspecified atom stereocenters. The zero-order chi connectivity index (χ0) is 16.0. The normalized spacial score (nSPS) is 13.0. The van der Waals surface area contributed by atoms with Crippen LogP contribution in [0.15, 0.2) is 24.3 Å². The molecule has 0 saturated heterocycles. The quantitative estimate of drug-likeness (QED) is 0.664. The predicted octanol–water partition coefficient (Wildman–Crippen LogP) is 0.207. The molecule has 0 aliphatic rings. The summed E-state index contributed by atoms with van der Waals surface area (Å²) >= 11 is 0. The lowest BCUT2D eigenvalue weighted by Crippen LogP contribution is -2.47. The zero-order valence-corrected chi connectivity index (χ0v) is 11.8. The number of carbonyl (C=O) groups excluding carboxylic acids is 2. The number of ether oxygens (including phenoxy) is 1. The molecule has 0 bridgehead atoms. The summed E-state index contributed by atoms with van der Waals surface area (Å²) in [6, 6.07) is 5.74. The number of aliphatic carboxylic acids is 1. The molecule has 0 aliphatic heterocycles. The number of carboxylic acid groups (broad SMARTS) is 1. The number of hydrogen-bond acceptors (Lipinski definition) is 4. The molecule has 7 heteroatoms. The number of benzene rings is 1. The van der Waals surface area contributed by atoms with Gasteiger partial charge in [-0.2, -0.15) is 0 Å². The standard InChI is InChI=1S/C14H18N2O5/c1-8-4-3-5-10(6-8)21-9(2)13(18)16-11(14(19)20)7-12(15)17/h3-6,9,11H,7H2,1-2H3,(H2,15,17)(H,16,18)(H,19,20)/t9?,11-/m1/s1. The number of carbonyl (C=O) groups is 3. The number of nitrogens with two attached hydrogens (primary N) is 1. The van der Waals surface area contributed by atoms with Crippen molar-refractivity contribution in [2.45, 2.75) is 32.4 Å². The van der Waals surface area contributed by atoms with Crippen molar-refractivity contribution in [3.05, 3.63) is 29.8 Å². The fraction of sp³-hybridized carbons (Fsp3) is 0.357. The SMILES string of the molecule is Cc1cccc(OC(C)C(=O)N[C@H](CC(N)=O)C(=O)O)c1. The minimum atomic E-state index is -1.36. The average Bonchev–Trinajstić information content (AvgIpc) is 2.37. The van der Waals surface area contributed by atoms with Crippen molar-refractivity contribution in [1.82, 2.24) is 5.32 Å². The highest BCUT2D eigenvalue weighted by Crippen LogP contribution is 2.14. The molecule has 0 aromatic heterocycles. The highest BCUT2D eigenvalue weighted by atomic mass is 16.5. The highest BCUT2D eigenvalue weighted by molar-refractivity contribution is 5.89. The summed E-state index contributed by atoms with van der Waals surface area (Å²) in [6.07, 6.45) is -1.38. The summed E-state index contributed by atoms with van der Waals surface area (Å²) in [5, 5.41) is 11.1. The van der Waals surface area contributed by atoms with E-state index in [1.807, 2.05) is 13.0 Å². The van der Waals surface area contributed by atoms with E-state index >= 15 is 0 Å². The van der Waals surface area contributed by atoms with E-state index in [-0.39, 0.29) is 0 Å². The summed E-state index contributed by atoms with van der Waals surface area (Å²) in [5.74, 6) is -2.27. The molecule has 0 fully saturated rings. The summed E-state index contributed by atoms with van der Waals surface area (Å²) in [5.41, 5.74) is 5.91. The first-order valence-electron chi connectivity index (χ1n) is 6.34. The molecule has 2 atom stereocenters. The van der Waals surface area contributed by atoms with Gasteiger partial charge in [0.15, 0.2) is 6.10 Å². The van der Waals surface area contributed by atoms with Crippen LogP contribution in [0.2, 0.25) is 0 Å². The first-order chi connectivity index (χ1) is 9.79. The van der Waals surface area contributed by atoms with Crippen LogP contribution < -0.4 is 15.8 Å². The van der Waals surface area contributed by atoms with Crippen LogP contribution in [0, 0.1) is 6.92 Å². The lowest BCUT2D eigenvalue weighted by atomic mass is 10.2. The molecule has 0 heterocycles. The molecule has 0 aliphatic carbocycles. The van der Waals surface area contributed by atoms with E-state index in [0.717, 1.165) is 5.56 Å². The van der Waals surface area contributed by atoms with E-state index in [2.05, 4.69) is 5.32 Å². The topological polar surface area (TPSA) is 119 Å². The largest absolute Gasteiger partial charge is 0.481 e.